The topological polar surface area (TPSA) is 0 Å². The van der Waals surface area contributed by atoms with Crippen molar-refractivity contribution in [2.75, 3.05) is 0 Å². The van der Waals surface area contributed by atoms with E-state index in [0.29, 0.717) is 5.16 Å². The molecule has 0 spiro atoms. The monoisotopic (exact) mass is 317 g/mol. The van der Waals surface area contributed by atoms with Crippen molar-refractivity contribution in [3.8, 4) is 0 Å². The van der Waals surface area contributed by atoms with E-state index < -0.39 is 7.25 Å². The molecular formula is C14H31BF4P-. The van der Waals surface area contributed by atoms with Gasteiger partial charge in [-0.05, 0) is 24.4 Å². The molecule has 1 unspecified atom stereocenters. The molecule has 0 radical (unpaired) electrons. The summed E-state index contributed by atoms with van der Waals surface area (Å²) < 4.78 is 39.0. The SMILES string of the molecule is CCCCCC(P)(CCCC)CCCC.F[B-](F)(F)F. The number of halogens is 4. The van der Waals surface area contributed by atoms with Crippen LogP contribution in [-0.4, -0.2) is 12.4 Å². The van der Waals surface area contributed by atoms with E-state index >= 15 is 0 Å². The Kier molecular flexibility index (Phi) is 14.5. The van der Waals surface area contributed by atoms with Crippen LogP contribution in [0.3, 0.4) is 0 Å². The van der Waals surface area contributed by atoms with Gasteiger partial charge in [-0.25, -0.2) is 0 Å². The number of unbranched alkanes of at least 4 members (excludes halogenated alkanes) is 4. The van der Waals surface area contributed by atoms with Crippen molar-refractivity contribution in [1.29, 1.82) is 0 Å². The van der Waals surface area contributed by atoms with Gasteiger partial charge in [0.15, 0.2) is 0 Å². The van der Waals surface area contributed by atoms with Crippen LogP contribution in [0.1, 0.15) is 85.0 Å². The molecule has 0 saturated heterocycles. The summed E-state index contributed by atoms with van der Waals surface area (Å²) in [5.74, 6) is 0. The molecule has 0 bridgehead atoms. The largest absolute Gasteiger partial charge is 0.673 e. The van der Waals surface area contributed by atoms with Crippen LogP contribution in [0.5, 0.6) is 0 Å². The molecule has 0 heterocycles. The first-order valence-corrected chi connectivity index (χ1v) is 8.42. The molecule has 0 saturated carbocycles. The molecule has 0 rings (SSSR count). The predicted octanol–water partition coefficient (Wildman–Crippen LogP) is 6.86. The number of rotatable bonds is 10. The fourth-order valence-electron chi connectivity index (χ4n) is 2.16. The minimum Gasteiger partial charge on any atom is -0.418 e. The Morgan fingerprint density at radius 1 is 0.700 bits per heavy atom. The van der Waals surface area contributed by atoms with Crippen LogP contribution < -0.4 is 0 Å². The summed E-state index contributed by atoms with van der Waals surface area (Å²) in [5.41, 5.74) is 0. The normalized spacial score (nSPS) is 12.0. The zero-order valence-corrected chi connectivity index (χ0v) is 14.4. The van der Waals surface area contributed by atoms with Gasteiger partial charge in [-0.15, -0.1) is 9.24 Å². The molecule has 0 aromatic rings. The molecule has 124 valence electrons. The first-order valence-electron chi connectivity index (χ1n) is 7.84. The molecule has 0 aliphatic carbocycles. The highest BCUT2D eigenvalue weighted by Crippen LogP contribution is 2.36. The highest BCUT2D eigenvalue weighted by Gasteiger charge is 2.22. The zero-order chi connectivity index (χ0) is 16.1. The van der Waals surface area contributed by atoms with Crippen molar-refractivity contribution < 1.29 is 17.3 Å². The van der Waals surface area contributed by atoms with Gasteiger partial charge in [0.25, 0.3) is 0 Å². The third-order valence-electron chi connectivity index (χ3n) is 3.33. The summed E-state index contributed by atoms with van der Waals surface area (Å²) in [7, 11) is -2.81. The van der Waals surface area contributed by atoms with Crippen LogP contribution >= 0.6 is 9.24 Å². The Morgan fingerprint density at radius 3 is 1.30 bits per heavy atom. The van der Waals surface area contributed by atoms with Crippen LogP contribution in [0.2, 0.25) is 0 Å². The van der Waals surface area contributed by atoms with Gasteiger partial charge in [0.05, 0.1) is 0 Å². The van der Waals surface area contributed by atoms with Gasteiger partial charge in [0, 0.05) is 0 Å². The molecular weight excluding hydrogens is 286 g/mol. The molecule has 0 N–H and O–H groups in total. The minimum absolute atomic E-state index is 0.571. The predicted molar refractivity (Wildman–Crippen MR) is 85.8 cm³/mol. The van der Waals surface area contributed by atoms with Crippen LogP contribution in [0.15, 0.2) is 0 Å². The number of hydrogen-bond acceptors (Lipinski definition) is 0. The standard InChI is InChI=1S/C14H31P.BF4/c1-4-7-10-13-14(15,11-8-5-2)12-9-6-3;2-1(3,4)5/h4-13,15H2,1-3H3;/q;-1. The van der Waals surface area contributed by atoms with Crippen LogP contribution in [-0.2, 0) is 0 Å². The summed E-state index contributed by atoms with van der Waals surface area (Å²) in [4.78, 5) is 0. The summed E-state index contributed by atoms with van der Waals surface area (Å²) in [6.45, 7) is 6.90. The van der Waals surface area contributed by atoms with E-state index in [-0.39, 0.29) is 0 Å². The van der Waals surface area contributed by atoms with Crippen molar-refractivity contribution in [1.82, 2.24) is 0 Å². The summed E-state index contributed by atoms with van der Waals surface area (Å²) in [6.07, 6.45) is 13.9. The highest BCUT2D eigenvalue weighted by atomic mass is 31.0. The maximum absolute atomic E-state index is 9.75. The number of hydrogen-bond donors (Lipinski definition) is 0. The second-order valence-electron chi connectivity index (χ2n) is 5.52. The Bertz CT molecular complexity index is 196. The van der Waals surface area contributed by atoms with Gasteiger partial charge in [-0.2, -0.15) is 0 Å². The summed E-state index contributed by atoms with van der Waals surface area (Å²) >= 11 is 0. The fourth-order valence-corrected chi connectivity index (χ4v) is 2.77. The third-order valence-corrected chi connectivity index (χ3v) is 4.20. The Labute approximate surface area is 124 Å². The maximum Gasteiger partial charge on any atom is 0.673 e. The maximum atomic E-state index is 9.75. The van der Waals surface area contributed by atoms with Gasteiger partial charge in [-0.1, -0.05) is 65.7 Å². The van der Waals surface area contributed by atoms with E-state index in [2.05, 4.69) is 30.0 Å². The molecule has 0 aliphatic heterocycles. The minimum atomic E-state index is -6.00. The van der Waals surface area contributed by atoms with Crippen LogP contribution in [0.25, 0.3) is 0 Å². The van der Waals surface area contributed by atoms with Gasteiger partial charge < -0.3 is 17.3 Å². The first kappa shape index (κ1) is 22.5. The molecule has 1 atom stereocenters. The smallest absolute Gasteiger partial charge is 0.418 e. The Balaban J connectivity index is 0. The molecule has 0 nitrogen and oxygen atoms in total. The Hall–Kier alpha value is 0.215. The highest BCUT2D eigenvalue weighted by molar-refractivity contribution is 7.19. The first-order chi connectivity index (χ1) is 9.18. The van der Waals surface area contributed by atoms with E-state index in [1.54, 1.807) is 0 Å². The molecule has 0 amide bonds. The second-order valence-corrected chi connectivity index (χ2v) is 6.75. The summed E-state index contributed by atoms with van der Waals surface area (Å²) in [6, 6.07) is 0. The fraction of sp³-hybridized carbons (Fsp3) is 1.00. The molecule has 0 aromatic carbocycles. The molecule has 6 heteroatoms. The quantitative estimate of drug-likeness (QED) is 0.179. The van der Waals surface area contributed by atoms with Crippen molar-refractivity contribution in [3.63, 3.8) is 0 Å². The van der Waals surface area contributed by atoms with E-state index in [1.165, 1.54) is 64.2 Å². The molecule has 0 aromatic heterocycles. The van der Waals surface area contributed by atoms with Gasteiger partial charge >= 0.3 is 7.25 Å². The third kappa shape index (κ3) is 20.5. The average molecular weight is 317 g/mol. The van der Waals surface area contributed by atoms with E-state index in [0.717, 1.165) is 0 Å². The lowest BCUT2D eigenvalue weighted by Crippen LogP contribution is -2.20. The van der Waals surface area contributed by atoms with Gasteiger partial charge in [-0.3, -0.25) is 0 Å². The lowest BCUT2D eigenvalue weighted by atomic mass is 9.89. The van der Waals surface area contributed by atoms with Gasteiger partial charge in [0.1, 0.15) is 0 Å². The van der Waals surface area contributed by atoms with Crippen molar-refractivity contribution in [2.45, 2.75) is 90.1 Å². The Morgan fingerprint density at radius 2 is 1.00 bits per heavy atom. The second kappa shape index (κ2) is 12.9. The van der Waals surface area contributed by atoms with Gasteiger partial charge in [0.2, 0.25) is 0 Å². The lowest BCUT2D eigenvalue weighted by Gasteiger charge is -2.29. The lowest BCUT2D eigenvalue weighted by molar-refractivity contribution is 0.368. The molecule has 0 fully saturated rings. The van der Waals surface area contributed by atoms with E-state index in [9.17, 15) is 17.3 Å². The van der Waals surface area contributed by atoms with Crippen LogP contribution in [0, 0.1) is 0 Å². The molecule has 20 heavy (non-hydrogen) atoms. The summed E-state index contributed by atoms with van der Waals surface area (Å²) in [5, 5.41) is 0.571. The zero-order valence-electron chi connectivity index (χ0n) is 13.2. The van der Waals surface area contributed by atoms with E-state index in [4.69, 9.17) is 0 Å². The van der Waals surface area contributed by atoms with Crippen LogP contribution in [0.4, 0.5) is 17.3 Å². The average Bonchev–Trinajstić information content (AvgIpc) is 2.32. The van der Waals surface area contributed by atoms with Crippen molar-refractivity contribution in [2.24, 2.45) is 0 Å². The van der Waals surface area contributed by atoms with Crippen molar-refractivity contribution in [3.05, 3.63) is 0 Å². The van der Waals surface area contributed by atoms with E-state index in [1.807, 2.05) is 0 Å². The van der Waals surface area contributed by atoms with Crippen molar-refractivity contribution >= 4 is 16.5 Å². The molecule has 0 aliphatic rings.